The number of carbonyl (C=O) groups excluding carboxylic acids is 1. The summed E-state index contributed by atoms with van der Waals surface area (Å²) in [6.45, 7) is 6.40. The highest BCUT2D eigenvalue weighted by Gasteiger charge is 2.22. The predicted octanol–water partition coefficient (Wildman–Crippen LogP) is 3.48. The van der Waals surface area contributed by atoms with Crippen LogP contribution in [0.1, 0.15) is 35.8 Å². The first kappa shape index (κ1) is 18.3. The van der Waals surface area contributed by atoms with Crippen LogP contribution in [-0.4, -0.2) is 49.8 Å². The molecule has 0 bridgehead atoms. The van der Waals surface area contributed by atoms with E-state index in [-0.39, 0.29) is 5.91 Å². The lowest BCUT2D eigenvalue weighted by Crippen LogP contribution is -2.29. The van der Waals surface area contributed by atoms with Crippen LogP contribution in [0.2, 0.25) is 0 Å². The van der Waals surface area contributed by atoms with E-state index in [0.717, 1.165) is 47.3 Å². The highest BCUT2D eigenvalue weighted by molar-refractivity contribution is 6.08. The van der Waals surface area contributed by atoms with E-state index in [1.165, 1.54) is 0 Å². The van der Waals surface area contributed by atoms with Gasteiger partial charge in [-0.3, -0.25) is 4.79 Å². The summed E-state index contributed by atoms with van der Waals surface area (Å²) < 4.78 is 12.7. The summed E-state index contributed by atoms with van der Waals surface area (Å²) in [7, 11) is 5.17. The fourth-order valence-corrected chi connectivity index (χ4v) is 3.11. The summed E-state index contributed by atoms with van der Waals surface area (Å²) in [5, 5.41) is 0.962. The van der Waals surface area contributed by atoms with E-state index in [2.05, 4.69) is 11.5 Å². The van der Waals surface area contributed by atoms with Gasteiger partial charge in [0.05, 0.1) is 12.7 Å². The molecule has 1 heterocycles. The van der Waals surface area contributed by atoms with Crippen LogP contribution >= 0.6 is 0 Å². The molecule has 0 spiro atoms. The van der Waals surface area contributed by atoms with Gasteiger partial charge in [0.2, 0.25) is 0 Å². The van der Waals surface area contributed by atoms with E-state index < -0.39 is 0 Å². The standard InChI is InChI=1S/C19H28N2O3/c1-6-10-21-14(2)18(19(22)20(3)11-7-12-23-4)16-13-15(24-5)8-9-17(16)21/h8-9,13H,6-7,10-12H2,1-5H3. The molecule has 0 aliphatic heterocycles. The molecule has 5 nitrogen and oxygen atoms in total. The molecule has 0 saturated carbocycles. The highest BCUT2D eigenvalue weighted by Crippen LogP contribution is 2.30. The van der Waals surface area contributed by atoms with Gasteiger partial charge >= 0.3 is 0 Å². The second kappa shape index (κ2) is 8.20. The number of hydrogen-bond acceptors (Lipinski definition) is 3. The van der Waals surface area contributed by atoms with Crippen molar-refractivity contribution in [3.05, 3.63) is 29.5 Å². The topological polar surface area (TPSA) is 43.7 Å². The van der Waals surface area contributed by atoms with Gasteiger partial charge in [0, 0.05) is 50.5 Å². The Morgan fingerprint density at radius 1 is 1.29 bits per heavy atom. The number of hydrogen-bond donors (Lipinski definition) is 0. The Bertz CT molecular complexity index is 706. The zero-order chi connectivity index (χ0) is 17.7. The van der Waals surface area contributed by atoms with Crippen molar-refractivity contribution in [1.82, 2.24) is 9.47 Å². The minimum Gasteiger partial charge on any atom is -0.497 e. The van der Waals surface area contributed by atoms with Crippen molar-refractivity contribution in [1.29, 1.82) is 0 Å². The number of amides is 1. The Morgan fingerprint density at radius 2 is 2.04 bits per heavy atom. The van der Waals surface area contributed by atoms with Crippen LogP contribution in [0.15, 0.2) is 18.2 Å². The van der Waals surface area contributed by atoms with Crippen molar-refractivity contribution in [2.24, 2.45) is 0 Å². The van der Waals surface area contributed by atoms with E-state index in [4.69, 9.17) is 9.47 Å². The maximum atomic E-state index is 13.0. The van der Waals surface area contributed by atoms with Gasteiger partial charge in [0.15, 0.2) is 0 Å². The quantitative estimate of drug-likeness (QED) is 0.695. The van der Waals surface area contributed by atoms with Crippen molar-refractivity contribution in [2.75, 3.05) is 34.4 Å². The predicted molar refractivity (Wildman–Crippen MR) is 97.0 cm³/mol. The van der Waals surface area contributed by atoms with Crippen LogP contribution in [0.25, 0.3) is 10.9 Å². The smallest absolute Gasteiger partial charge is 0.256 e. The molecule has 0 aliphatic carbocycles. The van der Waals surface area contributed by atoms with E-state index in [1.54, 1.807) is 19.1 Å². The zero-order valence-electron chi connectivity index (χ0n) is 15.4. The molecule has 0 saturated heterocycles. The van der Waals surface area contributed by atoms with Crippen LogP contribution < -0.4 is 4.74 Å². The summed E-state index contributed by atoms with van der Waals surface area (Å²) in [5.74, 6) is 0.823. The van der Waals surface area contributed by atoms with Crippen LogP contribution in [-0.2, 0) is 11.3 Å². The number of methoxy groups -OCH3 is 2. The number of ether oxygens (including phenoxy) is 2. The number of nitrogens with zero attached hydrogens (tertiary/aromatic N) is 2. The van der Waals surface area contributed by atoms with E-state index in [1.807, 2.05) is 32.2 Å². The molecule has 2 aromatic rings. The minimum atomic E-state index is 0.0525. The fraction of sp³-hybridized carbons (Fsp3) is 0.526. The highest BCUT2D eigenvalue weighted by atomic mass is 16.5. The maximum Gasteiger partial charge on any atom is 0.256 e. The molecular weight excluding hydrogens is 304 g/mol. The van der Waals surface area contributed by atoms with Crippen molar-refractivity contribution in [3.8, 4) is 5.75 Å². The van der Waals surface area contributed by atoms with Gasteiger partial charge in [-0.25, -0.2) is 0 Å². The number of aryl methyl sites for hydroxylation is 1. The molecule has 0 atom stereocenters. The normalized spacial score (nSPS) is 11.0. The number of fused-ring (bicyclic) bond motifs is 1. The minimum absolute atomic E-state index is 0.0525. The van der Waals surface area contributed by atoms with Crippen molar-refractivity contribution >= 4 is 16.8 Å². The Balaban J connectivity index is 2.47. The molecule has 1 aromatic heterocycles. The van der Waals surface area contributed by atoms with Crippen molar-refractivity contribution in [3.63, 3.8) is 0 Å². The van der Waals surface area contributed by atoms with Crippen LogP contribution in [0, 0.1) is 6.92 Å². The number of carbonyl (C=O) groups is 1. The first-order chi connectivity index (χ1) is 11.5. The van der Waals surface area contributed by atoms with Crippen LogP contribution in [0.3, 0.4) is 0 Å². The number of rotatable bonds is 8. The van der Waals surface area contributed by atoms with Gasteiger partial charge in [-0.15, -0.1) is 0 Å². The van der Waals surface area contributed by atoms with Gasteiger partial charge in [0.1, 0.15) is 5.75 Å². The molecule has 2 rings (SSSR count). The van der Waals surface area contributed by atoms with Gasteiger partial charge in [-0.1, -0.05) is 6.92 Å². The molecular formula is C19H28N2O3. The summed E-state index contributed by atoms with van der Waals surface area (Å²) in [4.78, 5) is 14.8. The third kappa shape index (κ3) is 3.56. The molecule has 0 unspecified atom stereocenters. The Morgan fingerprint density at radius 3 is 2.67 bits per heavy atom. The Labute approximate surface area is 144 Å². The lowest BCUT2D eigenvalue weighted by molar-refractivity contribution is 0.0780. The molecule has 0 N–H and O–H groups in total. The van der Waals surface area contributed by atoms with E-state index >= 15 is 0 Å². The molecule has 1 aromatic carbocycles. The van der Waals surface area contributed by atoms with Gasteiger partial charge in [-0.2, -0.15) is 0 Å². The second-order valence-electron chi connectivity index (χ2n) is 6.07. The van der Waals surface area contributed by atoms with E-state index in [9.17, 15) is 4.79 Å². The molecule has 1 amide bonds. The Kier molecular flexibility index (Phi) is 6.26. The van der Waals surface area contributed by atoms with Gasteiger partial charge < -0.3 is 18.9 Å². The van der Waals surface area contributed by atoms with Crippen LogP contribution in [0.5, 0.6) is 5.75 Å². The molecule has 132 valence electrons. The lowest BCUT2D eigenvalue weighted by Gasteiger charge is -2.17. The molecule has 0 radical (unpaired) electrons. The number of aromatic nitrogens is 1. The fourth-order valence-electron chi connectivity index (χ4n) is 3.11. The van der Waals surface area contributed by atoms with Crippen molar-refractivity contribution < 1.29 is 14.3 Å². The second-order valence-corrected chi connectivity index (χ2v) is 6.07. The first-order valence-electron chi connectivity index (χ1n) is 8.46. The molecule has 24 heavy (non-hydrogen) atoms. The zero-order valence-corrected chi connectivity index (χ0v) is 15.4. The molecule has 5 heteroatoms. The average molecular weight is 332 g/mol. The van der Waals surface area contributed by atoms with Crippen molar-refractivity contribution in [2.45, 2.75) is 33.2 Å². The monoisotopic (exact) mass is 332 g/mol. The van der Waals surface area contributed by atoms with Gasteiger partial charge in [-0.05, 0) is 38.0 Å². The first-order valence-corrected chi connectivity index (χ1v) is 8.46. The third-order valence-corrected chi connectivity index (χ3v) is 4.38. The largest absolute Gasteiger partial charge is 0.497 e. The number of benzene rings is 1. The maximum absolute atomic E-state index is 13.0. The molecule has 0 aliphatic rings. The SMILES string of the molecule is CCCn1c(C)c(C(=O)N(C)CCCOC)c2cc(OC)ccc21. The summed E-state index contributed by atoms with van der Waals surface area (Å²) in [6, 6.07) is 5.95. The average Bonchev–Trinajstić information content (AvgIpc) is 2.86. The third-order valence-electron chi connectivity index (χ3n) is 4.38. The summed E-state index contributed by atoms with van der Waals surface area (Å²) >= 11 is 0. The summed E-state index contributed by atoms with van der Waals surface area (Å²) in [5.41, 5.74) is 2.88. The Hall–Kier alpha value is -2.01. The molecule has 0 fully saturated rings. The van der Waals surface area contributed by atoms with Gasteiger partial charge in [0.25, 0.3) is 5.91 Å². The van der Waals surface area contributed by atoms with Crippen LogP contribution in [0.4, 0.5) is 0 Å². The van der Waals surface area contributed by atoms with E-state index in [0.29, 0.717) is 13.2 Å². The lowest BCUT2D eigenvalue weighted by atomic mass is 10.1. The summed E-state index contributed by atoms with van der Waals surface area (Å²) in [6.07, 6.45) is 1.85.